The van der Waals surface area contributed by atoms with E-state index in [-0.39, 0.29) is 6.61 Å². The molecule has 1 aromatic heterocycles. The lowest BCUT2D eigenvalue weighted by Gasteiger charge is -2.13. The molecule has 0 atom stereocenters. The lowest BCUT2D eigenvalue weighted by molar-refractivity contribution is 0.299. The second kappa shape index (κ2) is 6.45. The minimum Gasteiger partial charge on any atom is -0.497 e. The van der Waals surface area contributed by atoms with Gasteiger partial charge in [-0.3, -0.25) is 0 Å². The Kier molecular flexibility index (Phi) is 4.37. The van der Waals surface area contributed by atoms with Gasteiger partial charge < -0.3 is 14.4 Å². The van der Waals surface area contributed by atoms with E-state index in [1.165, 1.54) is 0 Å². The summed E-state index contributed by atoms with van der Waals surface area (Å²) >= 11 is 3.57. The molecule has 0 saturated heterocycles. The van der Waals surface area contributed by atoms with Crippen molar-refractivity contribution in [3.63, 3.8) is 0 Å². The molecule has 0 saturated carbocycles. The van der Waals surface area contributed by atoms with Crippen LogP contribution in [-0.4, -0.2) is 23.4 Å². The lowest BCUT2D eigenvalue weighted by atomic mass is 10.1. The molecule has 0 fully saturated rings. The number of hydrogen-bond acceptors (Lipinski definition) is 2. The predicted octanol–water partition coefficient (Wildman–Crippen LogP) is 4.49. The molecule has 116 valence electrons. The van der Waals surface area contributed by atoms with Crippen LogP contribution in [0.4, 0.5) is 5.69 Å². The van der Waals surface area contributed by atoms with Gasteiger partial charge in [0.2, 0.25) is 0 Å². The molecule has 1 N–H and O–H groups in total. The molecule has 0 radical (unpaired) electrons. The van der Waals surface area contributed by atoms with E-state index < -0.39 is 0 Å². The maximum absolute atomic E-state index is 9.35. The quantitative estimate of drug-likeness (QED) is 0.687. The van der Waals surface area contributed by atoms with E-state index in [2.05, 4.69) is 25.3 Å². The number of rotatable bonds is 4. The number of methoxy groups -OCH3 is 1. The van der Waals surface area contributed by atoms with Crippen LogP contribution < -0.4 is 4.74 Å². The van der Waals surface area contributed by atoms with E-state index in [0.717, 1.165) is 32.4 Å². The van der Waals surface area contributed by atoms with Crippen LogP contribution in [0.1, 0.15) is 5.56 Å². The summed E-state index contributed by atoms with van der Waals surface area (Å²) in [6.45, 7) is 7.23. The molecule has 0 bridgehead atoms. The van der Waals surface area contributed by atoms with Crippen LogP contribution >= 0.6 is 15.9 Å². The zero-order valence-electron chi connectivity index (χ0n) is 12.6. The first-order chi connectivity index (χ1) is 11.2. The highest BCUT2D eigenvalue weighted by molar-refractivity contribution is 9.10. The third kappa shape index (κ3) is 2.83. The summed E-state index contributed by atoms with van der Waals surface area (Å²) < 4.78 is 8.28. The minimum absolute atomic E-state index is 0.0718. The van der Waals surface area contributed by atoms with Crippen LogP contribution in [-0.2, 0) is 6.42 Å². The highest BCUT2D eigenvalue weighted by atomic mass is 79.9. The SMILES string of the molecule is [C-]#[N+]c1ccc2c(c1)c(Br)cn2-c1ccc(OC)cc1CCO. The molecule has 0 amide bonds. The molecule has 3 aromatic rings. The summed E-state index contributed by atoms with van der Waals surface area (Å²) in [5.41, 5.74) is 3.62. The van der Waals surface area contributed by atoms with Crippen molar-refractivity contribution < 1.29 is 9.84 Å². The van der Waals surface area contributed by atoms with Gasteiger partial charge in [-0.2, -0.15) is 0 Å². The molecule has 2 aromatic carbocycles. The van der Waals surface area contributed by atoms with Gasteiger partial charge >= 0.3 is 0 Å². The third-order valence-corrected chi connectivity index (χ3v) is 4.43. The normalized spacial score (nSPS) is 10.7. The summed E-state index contributed by atoms with van der Waals surface area (Å²) in [4.78, 5) is 3.48. The van der Waals surface area contributed by atoms with Crippen LogP contribution in [0, 0.1) is 6.57 Å². The second-order valence-electron chi connectivity index (χ2n) is 5.13. The monoisotopic (exact) mass is 370 g/mol. The van der Waals surface area contributed by atoms with Gasteiger partial charge in [0, 0.05) is 28.4 Å². The van der Waals surface area contributed by atoms with E-state index in [9.17, 15) is 5.11 Å². The van der Waals surface area contributed by atoms with Crippen molar-refractivity contribution in [1.29, 1.82) is 0 Å². The molecule has 1 heterocycles. The number of aliphatic hydroxyl groups is 1. The van der Waals surface area contributed by atoms with Gasteiger partial charge in [0.05, 0.1) is 19.2 Å². The Hall–Kier alpha value is -2.29. The molecule has 0 aliphatic carbocycles. The van der Waals surface area contributed by atoms with Crippen molar-refractivity contribution in [3.8, 4) is 11.4 Å². The molecule has 0 aliphatic rings. The number of fused-ring (bicyclic) bond motifs is 1. The highest BCUT2D eigenvalue weighted by Gasteiger charge is 2.12. The summed E-state index contributed by atoms with van der Waals surface area (Å²) in [6, 6.07) is 11.5. The standard InChI is InChI=1S/C18H15BrN2O2/c1-20-13-3-5-18-15(10-13)16(19)11-21(18)17-6-4-14(23-2)9-12(17)7-8-22/h3-6,9-11,22H,7-8H2,2H3. The summed E-state index contributed by atoms with van der Waals surface area (Å²) in [6.07, 6.45) is 2.53. The van der Waals surface area contributed by atoms with Gasteiger partial charge in [-0.1, -0.05) is 6.07 Å². The molecular weight excluding hydrogens is 356 g/mol. The van der Waals surface area contributed by atoms with Gasteiger partial charge in [0.1, 0.15) is 5.75 Å². The summed E-state index contributed by atoms with van der Waals surface area (Å²) in [5, 5.41) is 10.3. The number of ether oxygens (including phenoxy) is 1. The number of nitrogens with zero attached hydrogens (tertiary/aromatic N) is 2. The van der Waals surface area contributed by atoms with Gasteiger partial charge in [-0.05, 0) is 58.2 Å². The number of benzene rings is 2. The average molecular weight is 371 g/mol. The fourth-order valence-electron chi connectivity index (χ4n) is 2.69. The fraction of sp³-hybridized carbons (Fsp3) is 0.167. The molecule has 0 aliphatic heterocycles. The van der Waals surface area contributed by atoms with E-state index in [4.69, 9.17) is 11.3 Å². The Bertz CT molecular complexity index is 909. The third-order valence-electron chi connectivity index (χ3n) is 3.80. The Morgan fingerprint density at radius 3 is 2.78 bits per heavy atom. The van der Waals surface area contributed by atoms with Crippen molar-refractivity contribution >= 4 is 32.5 Å². The largest absolute Gasteiger partial charge is 0.497 e. The first-order valence-corrected chi connectivity index (χ1v) is 7.93. The van der Waals surface area contributed by atoms with Crippen molar-refractivity contribution in [2.24, 2.45) is 0 Å². The zero-order valence-corrected chi connectivity index (χ0v) is 14.2. The van der Waals surface area contributed by atoms with Crippen LogP contribution in [0.5, 0.6) is 5.75 Å². The van der Waals surface area contributed by atoms with E-state index in [0.29, 0.717) is 12.1 Å². The Labute approximate surface area is 142 Å². The minimum atomic E-state index is 0.0718. The van der Waals surface area contributed by atoms with E-state index in [1.54, 1.807) is 7.11 Å². The van der Waals surface area contributed by atoms with Crippen LogP contribution in [0.3, 0.4) is 0 Å². The zero-order chi connectivity index (χ0) is 16.4. The summed E-state index contributed by atoms with van der Waals surface area (Å²) in [7, 11) is 1.63. The second-order valence-corrected chi connectivity index (χ2v) is 5.98. The fourth-order valence-corrected chi connectivity index (χ4v) is 3.21. The topological polar surface area (TPSA) is 38.8 Å². The molecular formula is C18H15BrN2O2. The first-order valence-electron chi connectivity index (χ1n) is 7.14. The maximum Gasteiger partial charge on any atom is 0.188 e. The molecule has 0 unspecified atom stereocenters. The Morgan fingerprint density at radius 1 is 1.26 bits per heavy atom. The van der Waals surface area contributed by atoms with Crippen LogP contribution in [0.25, 0.3) is 21.4 Å². The molecule has 4 nitrogen and oxygen atoms in total. The molecule has 3 rings (SSSR count). The molecule has 5 heteroatoms. The number of hydrogen-bond donors (Lipinski definition) is 1. The number of aromatic nitrogens is 1. The van der Waals surface area contributed by atoms with E-state index in [1.807, 2.05) is 42.6 Å². The average Bonchev–Trinajstić information content (AvgIpc) is 2.91. The van der Waals surface area contributed by atoms with Crippen LogP contribution in [0.15, 0.2) is 47.1 Å². The van der Waals surface area contributed by atoms with E-state index >= 15 is 0 Å². The molecule has 0 spiro atoms. The maximum atomic E-state index is 9.35. The van der Waals surface area contributed by atoms with Crippen molar-refractivity contribution in [2.75, 3.05) is 13.7 Å². The predicted molar refractivity (Wildman–Crippen MR) is 94.6 cm³/mol. The van der Waals surface area contributed by atoms with Gasteiger partial charge in [0.15, 0.2) is 5.69 Å². The molecule has 23 heavy (non-hydrogen) atoms. The number of halogens is 1. The first kappa shape index (κ1) is 15.6. The van der Waals surface area contributed by atoms with Gasteiger partial charge in [-0.25, -0.2) is 4.85 Å². The Morgan fingerprint density at radius 2 is 2.09 bits per heavy atom. The highest BCUT2D eigenvalue weighted by Crippen LogP contribution is 2.33. The van der Waals surface area contributed by atoms with Gasteiger partial charge in [0.25, 0.3) is 0 Å². The smallest absolute Gasteiger partial charge is 0.188 e. The van der Waals surface area contributed by atoms with Gasteiger partial charge in [-0.15, -0.1) is 0 Å². The summed E-state index contributed by atoms with van der Waals surface area (Å²) in [5.74, 6) is 0.767. The Balaban J connectivity index is 2.23. The van der Waals surface area contributed by atoms with Crippen molar-refractivity contribution in [1.82, 2.24) is 4.57 Å². The lowest BCUT2D eigenvalue weighted by Crippen LogP contribution is -2.01. The number of aliphatic hydroxyl groups excluding tert-OH is 1. The van der Waals surface area contributed by atoms with Crippen molar-refractivity contribution in [2.45, 2.75) is 6.42 Å². The van der Waals surface area contributed by atoms with Crippen LogP contribution in [0.2, 0.25) is 0 Å². The van der Waals surface area contributed by atoms with Crippen molar-refractivity contribution in [3.05, 3.63) is 64.0 Å².